The van der Waals surface area contributed by atoms with Crippen LogP contribution < -0.4 is 10.6 Å². The fourth-order valence-corrected chi connectivity index (χ4v) is 7.20. The lowest BCUT2D eigenvalue weighted by Crippen LogP contribution is -2.45. The molecule has 1 saturated carbocycles. The van der Waals surface area contributed by atoms with Gasteiger partial charge in [-0.25, -0.2) is 8.42 Å². The number of hydrogen-bond acceptors (Lipinski definition) is 5. The summed E-state index contributed by atoms with van der Waals surface area (Å²) in [4.78, 5) is 25.8. The van der Waals surface area contributed by atoms with Crippen molar-refractivity contribution in [1.29, 1.82) is 0 Å². The van der Waals surface area contributed by atoms with Gasteiger partial charge in [-0.15, -0.1) is 11.8 Å². The maximum absolute atomic E-state index is 13.2. The van der Waals surface area contributed by atoms with Gasteiger partial charge in [-0.3, -0.25) is 9.59 Å². The summed E-state index contributed by atoms with van der Waals surface area (Å²) in [6.45, 7) is 2.49. The zero-order valence-corrected chi connectivity index (χ0v) is 20.3. The van der Waals surface area contributed by atoms with E-state index in [9.17, 15) is 18.0 Å². The van der Waals surface area contributed by atoms with Crippen molar-refractivity contribution in [2.24, 2.45) is 5.92 Å². The molecule has 1 atom stereocenters. The van der Waals surface area contributed by atoms with Gasteiger partial charge in [0.05, 0.1) is 15.8 Å². The molecule has 0 aromatic heterocycles. The summed E-state index contributed by atoms with van der Waals surface area (Å²) in [6, 6.07) is 5.18. The first-order valence-electron chi connectivity index (χ1n) is 11.8. The van der Waals surface area contributed by atoms with Crippen LogP contribution in [0.1, 0.15) is 64.7 Å². The highest BCUT2D eigenvalue weighted by Crippen LogP contribution is 2.37. The SMILES string of the molecule is C[C@@H]1Sc2ccc(S(=O)(=O)N3CCC(C(=O)NC4CCCCCCC4)CC3)cc2NC1=O. The van der Waals surface area contributed by atoms with E-state index >= 15 is 0 Å². The number of thioether (sulfide) groups is 1. The van der Waals surface area contributed by atoms with Crippen LogP contribution in [0.15, 0.2) is 28.0 Å². The molecule has 2 fully saturated rings. The van der Waals surface area contributed by atoms with Crippen LogP contribution in [-0.2, 0) is 19.6 Å². The number of nitrogens with zero attached hydrogens (tertiary/aromatic N) is 1. The quantitative estimate of drug-likeness (QED) is 0.686. The first-order valence-corrected chi connectivity index (χ1v) is 14.1. The number of carbonyl (C=O) groups excluding carboxylic acids is 2. The predicted octanol–water partition coefficient (Wildman–Crippen LogP) is 3.75. The molecule has 176 valence electrons. The van der Waals surface area contributed by atoms with E-state index < -0.39 is 10.0 Å². The number of anilines is 1. The average molecular weight is 480 g/mol. The van der Waals surface area contributed by atoms with Gasteiger partial charge in [-0.2, -0.15) is 4.31 Å². The Kier molecular flexibility index (Phi) is 7.47. The van der Waals surface area contributed by atoms with E-state index in [2.05, 4.69) is 10.6 Å². The second-order valence-electron chi connectivity index (χ2n) is 9.14. The molecule has 0 spiro atoms. The Labute approximate surface area is 195 Å². The molecule has 9 heteroatoms. The highest BCUT2D eigenvalue weighted by Gasteiger charge is 2.33. The molecular formula is C23H33N3O4S2. The predicted molar refractivity (Wildman–Crippen MR) is 126 cm³/mol. The van der Waals surface area contributed by atoms with Crippen molar-refractivity contribution < 1.29 is 18.0 Å². The van der Waals surface area contributed by atoms with Gasteiger partial charge in [-0.1, -0.05) is 32.1 Å². The first-order chi connectivity index (χ1) is 15.3. The lowest BCUT2D eigenvalue weighted by Gasteiger charge is -2.32. The Hall–Kier alpha value is -1.58. The molecule has 1 aliphatic carbocycles. The molecule has 1 saturated heterocycles. The van der Waals surface area contributed by atoms with Crippen LogP contribution >= 0.6 is 11.8 Å². The van der Waals surface area contributed by atoms with Crippen LogP contribution in [0.3, 0.4) is 0 Å². The van der Waals surface area contributed by atoms with E-state index in [0.717, 1.165) is 17.7 Å². The van der Waals surface area contributed by atoms with Gasteiger partial charge in [-0.05, 0) is 50.8 Å². The number of piperidine rings is 1. The number of hydrogen-bond donors (Lipinski definition) is 2. The van der Waals surface area contributed by atoms with Crippen molar-refractivity contribution in [1.82, 2.24) is 9.62 Å². The molecule has 7 nitrogen and oxygen atoms in total. The first kappa shape index (κ1) is 23.6. The van der Waals surface area contributed by atoms with Crippen LogP contribution in [0.5, 0.6) is 0 Å². The van der Waals surface area contributed by atoms with Crippen molar-refractivity contribution in [3.8, 4) is 0 Å². The molecule has 0 unspecified atom stereocenters. The third-order valence-electron chi connectivity index (χ3n) is 6.80. The number of rotatable bonds is 4. The minimum atomic E-state index is -3.67. The van der Waals surface area contributed by atoms with Crippen molar-refractivity contribution >= 4 is 39.3 Å². The number of carbonyl (C=O) groups is 2. The molecule has 3 aliphatic rings. The Balaban J connectivity index is 1.35. The molecule has 1 aromatic carbocycles. The second-order valence-corrected chi connectivity index (χ2v) is 12.5. The zero-order valence-electron chi connectivity index (χ0n) is 18.6. The van der Waals surface area contributed by atoms with Gasteiger partial charge < -0.3 is 10.6 Å². The third kappa shape index (κ3) is 5.31. The van der Waals surface area contributed by atoms with Crippen LogP contribution in [0.2, 0.25) is 0 Å². The number of nitrogens with one attached hydrogen (secondary N) is 2. The average Bonchev–Trinajstić information content (AvgIpc) is 2.76. The Morgan fingerprint density at radius 2 is 1.72 bits per heavy atom. The van der Waals surface area contributed by atoms with Gasteiger partial charge >= 0.3 is 0 Å². The summed E-state index contributed by atoms with van der Waals surface area (Å²) in [6.07, 6.45) is 9.28. The van der Waals surface area contributed by atoms with E-state index in [1.54, 1.807) is 18.2 Å². The van der Waals surface area contributed by atoms with Gasteiger partial charge in [0.2, 0.25) is 21.8 Å². The van der Waals surface area contributed by atoms with Crippen LogP contribution in [-0.4, -0.2) is 48.9 Å². The van der Waals surface area contributed by atoms with Gasteiger partial charge in [0, 0.05) is 29.9 Å². The molecule has 2 N–H and O–H groups in total. The Morgan fingerprint density at radius 3 is 2.41 bits per heavy atom. The second kappa shape index (κ2) is 10.1. The van der Waals surface area contributed by atoms with E-state index in [-0.39, 0.29) is 33.9 Å². The number of benzene rings is 1. The van der Waals surface area contributed by atoms with E-state index in [1.807, 2.05) is 6.92 Å². The highest BCUT2D eigenvalue weighted by molar-refractivity contribution is 8.01. The topological polar surface area (TPSA) is 95.6 Å². The van der Waals surface area contributed by atoms with E-state index in [1.165, 1.54) is 48.2 Å². The van der Waals surface area contributed by atoms with Crippen molar-refractivity contribution in [3.05, 3.63) is 18.2 Å². The molecule has 4 rings (SSSR count). The molecule has 32 heavy (non-hydrogen) atoms. The minimum absolute atomic E-state index is 0.0789. The maximum atomic E-state index is 13.2. The standard InChI is InChI=1S/C23H33N3O4S2/c1-16-22(27)25-20-15-19(9-10-21(20)31-16)32(29,30)26-13-11-17(12-14-26)23(28)24-18-7-5-3-2-4-6-8-18/h9-10,15-18H,2-8,11-14H2,1H3,(H,24,28)(H,25,27)/t16-/m0/s1. The summed E-state index contributed by atoms with van der Waals surface area (Å²) in [7, 11) is -3.67. The Bertz CT molecular complexity index is 950. The zero-order chi connectivity index (χ0) is 22.7. The molecular weight excluding hydrogens is 446 g/mol. The minimum Gasteiger partial charge on any atom is -0.353 e. The Morgan fingerprint density at radius 1 is 1.06 bits per heavy atom. The summed E-state index contributed by atoms with van der Waals surface area (Å²) in [5.74, 6) is -0.170. The summed E-state index contributed by atoms with van der Waals surface area (Å²) in [5, 5.41) is 5.84. The third-order valence-corrected chi connectivity index (χ3v) is 9.87. The van der Waals surface area contributed by atoms with E-state index in [4.69, 9.17) is 0 Å². The van der Waals surface area contributed by atoms with Crippen LogP contribution in [0.4, 0.5) is 5.69 Å². The van der Waals surface area contributed by atoms with Gasteiger partial charge in [0.25, 0.3) is 0 Å². The lowest BCUT2D eigenvalue weighted by molar-refractivity contribution is -0.127. The molecule has 2 amide bonds. The molecule has 0 radical (unpaired) electrons. The highest BCUT2D eigenvalue weighted by atomic mass is 32.2. The molecule has 2 heterocycles. The summed E-state index contributed by atoms with van der Waals surface area (Å²) >= 11 is 1.43. The number of sulfonamides is 1. The van der Waals surface area contributed by atoms with Gasteiger partial charge in [0.1, 0.15) is 0 Å². The fraction of sp³-hybridized carbons (Fsp3) is 0.652. The normalized spacial score (nSPS) is 24.2. The van der Waals surface area contributed by atoms with Gasteiger partial charge in [0.15, 0.2) is 0 Å². The largest absolute Gasteiger partial charge is 0.353 e. The summed E-state index contributed by atoms with van der Waals surface area (Å²) in [5.41, 5.74) is 0.549. The number of amides is 2. The summed E-state index contributed by atoms with van der Waals surface area (Å²) < 4.78 is 27.8. The molecule has 1 aromatic rings. The maximum Gasteiger partial charge on any atom is 0.243 e. The van der Waals surface area contributed by atoms with Crippen LogP contribution in [0, 0.1) is 5.92 Å². The van der Waals surface area contributed by atoms with Crippen molar-refractivity contribution in [3.63, 3.8) is 0 Å². The number of fused-ring (bicyclic) bond motifs is 1. The van der Waals surface area contributed by atoms with E-state index in [0.29, 0.717) is 31.6 Å². The smallest absolute Gasteiger partial charge is 0.243 e. The van der Waals surface area contributed by atoms with Crippen molar-refractivity contribution in [2.75, 3.05) is 18.4 Å². The van der Waals surface area contributed by atoms with Crippen LogP contribution in [0.25, 0.3) is 0 Å². The molecule has 0 bridgehead atoms. The fourth-order valence-electron chi connectivity index (χ4n) is 4.78. The molecule has 2 aliphatic heterocycles. The van der Waals surface area contributed by atoms with Crippen molar-refractivity contribution in [2.45, 2.75) is 85.8 Å². The lowest BCUT2D eigenvalue weighted by atomic mass is 9.94. The monoisotopic (exact) mass is 479 g/mol.